The summed E-state index contributed by atoms with van der Waals surface area (Å²) in [6.07, 6.45) is 2.37. The van der Waals surface area contributed by atoms with Gasteiger partial charge in [0.05, 0.1) is 6.61 Å². The second-order valence-corrected chi connectivity index (χ2v) is 7.12. The van der Waals surface area contributed by atoms with Crippen LogP contribution in [0.5, 0.6) is 0 Å². The third-order valence-electron chi connectivity index (χ3n) is 4.91. The molecule has 7 heteroatoms. The molecule has 0 radical (unpaired) electrons. The van der Waals surface area contributed by atoms with Crippen LogP contribution in [-0.4, -0.2) is 31.1 Å². The maximum Gasteiger partial charge on any atom is 0.319 e. The predicted octanol–water partition coefficient (Wildman–Crippen LogP) is 3.63. The molecule has 3 rings (SSSR count). The molecule has 0 aromatic heterocycles. The first kappa shape index (κ1) is 21.4. The molecule has 0 bridgehead atoms. The van der Waals surface area contributed by atoms with Gasteiger partial charge < -0.3 is 20.3 Å². The zero-order valence-corrected chi connectivity index (χ0v) is 17.1. The van der Waals surface area contributed by atoms with E-state index in [0.29, 0.717) is 18.8 Å². The average molecular weight is 409 g/mol. The minimum absolute atomic E-state index is 0.245. The van der Waals surface area contributed by atoms with Crippen molar-refractivity contribution in [1.29, 1.82) is 0 Å². The van der Waals surface area contributed by atoms with Crippen molar-refractivity contribution in [3.05, 3.63) is 59.7 Å². The molecule has 2 aromatic carbocycles. The molecule has 0 spiro atoms. The van der Waals surface area contributed by atoms with Gasteiger partial charge in [-0.2, -0.15) is 0 Å². The van der Waals surface area contributed by atoms with E-state index in [1.165, 1.54) is 0 Å². The number of aryl methyl sites for hydroxylation is 1. The van der Waals surface area contributed by atoms with Gasteiger partial charge in [0.15, 0.2) is 0 Å². The lowest BCUT2D eigenvalue weighted by molar-refractivity contribution is -0.145. The number of amides is 3. The smallest absolute Gasteiger partial charge is 0.319 e. The summed E-state index contributed by atoms with van der Waals surface area (Å²) < 4.78 is 4.91. The van der Waals surface area contributed by atoms with Crippen LogP contribution in [0.15, 0.2) is 48.5 Å². The van der Waals surface area contributed by atoms with Gasteiger partial charge in [0, 0.05) is 24.5 Å². The minimum atomic E-state index is -0.525. The molecule has 0 saturated carbocycles. The highest BCUT2D eigenvalue weighted by molar-refractivity contribution is 6.04. The summed E-state index contributed by atoms with van der Waals surface area (Å²) in [4.78, 5) is 38.4. The Morgan fingerprint density at radius 3 is 2.63 bits per heavy atom. The van der Waals surface area contributed by atoms with Crippen LogP contribution in [0.1, 0.15) is 37.3 Å². The van der Waals surface area contributed by atoms with Crippen LogP contribution < -0.4 is 15.5 Å². The Kier molecular flexibility index (Phi) is 7.43. The Hall–Kier alpha value is -3.35. The fraction of sp³-hybridized carbons (Fsp3) is 0.348. The van der Waals surface area contributed by atoms with E-state index < -0.39 is 5.97 Å². The van der Waals surface area contributed by atoms with Crippen molar-refractivity contribution in [2.24, 2.45) is 0 Å². The first-order valence-electron chi connectivity index (χ1n) is 10.2. The van der Waals surface area contributed by atoms with Crippen molar-refractivity contribution in [3.63, 3.8) is 0 Å². The summed E-state index contributed by atoms with van der Waals surface area (Å²) in [6, 6.07) is 14.9. The lowest BCUT2D eigenvalue weighted by Gasteiger charge is -2.23. The van der Waals surface area contributed by atoms with Crippen LogP contribution >= 0.6 is 0 Å². The highest BCUT2D eigenvalue weighted by Gasteiger charge is 2.24. The van der Waals surface area contributed by atoms with E-state index in [1.807, 2.05) is 42.5 Å². The van der Waals surface area contributed by atoms with Gasteiger partial charge in [0.2, 0.25) is 5.91 Å². The molecule has 30 heavy (non-hydrogen) atoms. The molecule has 1 heterocycles. The molecule has 0 unspecified atom stereocenters. The van der Waals surface area contributed by atoms with E-state index in [9.17, 15) is 14.4 Å². The van der Waals surface area contributed by atoms with Crippen molar-refractivity contribution in [1.82, 2.24) is 5.32 Å². The van der Waals surface area contributed by atoms with E-state index in [-0.39, 0.29) is 25.0 Å². The second-order valence-electron chi connectivity index (χ2n) is 7.12. The average Bonchev–Trinajstić information content (AvgIpc) is 2.95. The minimum Gasteiger partial charge on any atom is -0.466 e. The maximum absolute atomic E-state index is 12.7. The highest BCUT2D eigenvalue weighted by Crippen LogP contribution is 2.30. The number of esters is 1. The monoisotopic (exact) mass is 409 g/mol. The second kappa shape index (κ2) is 10.4. The fourth-order valence-corrected chi connectivity index (χ4v) is 3.45. The molecule has 0 aliphatic carbocycles. The first-order chi connectivity index (χ1) is 14.6. The van der Waals surface area contributed by atoms with Crippen molar-refractivity contribution >= 4 is 29.3 Å². The largest absolute Gasteiger partial charge is 0.466 e. The highest BCUT2D eigenvalue weighted by atomic mass is 16.5. The quantitative estimate of drug-likeness (QED) is 0.563. The number of carbonyl (C=O) groups excluding carboxylic acids is 3. The van der Waals surface area contributed by atoms with E-state index in [2.05, 4.69) is 10.6 Å². The third kappa shape index (κ3) is 5.83. The fourth-order valence-electron chi connectivity index (χ4n) is 3.45. The Bertz CT molecular complexity index is 899. The van der Waals surface area contributed by atoms with Gasteiger partial charge in [-0.05, 0) is 49.4 Å². The van der Waals surface area contributed by atoms with Crippen LogP contribution in [0.4, 0.5) is 16.2 Å². The van der Waals surface area contributed by atoms with Crippen LogP contribution in [0, 0.1) is 0 Å². The van der Waals surface area contributed by atoms with Crippen molar-refractivity contribution in [3.8, 4) is 0 Å². The number of benzene rings is 2. The van der Waals surface area contributed by atoms with Gasteiger partial charge >= 0.3 is 12.0 Å². The van der Waals surface area contributed by atoms with E-state index >= 15 is 0 Å². The number of hydrogen-bond donors (Lipinski definition) is 2. The normalized spacial score (nSPS) is 13.0. The number of fused-ring (bicyclic) bond motifs is 1. The van der Waals surface area contributed by atoms with Crippen molar-refractivity contribution in [2.75, 3.05) is 23.4 Å². The zero-order valence-electron chi connectivity index (χ0n) is 17.1. The number of urea groups is 1. The molecular weight excluding hydrogens is 382 g/mol. The summed E-state index contributed by atoms with van der Waals surface area (Å²) in [5.41, 5.74) is 3.36. The van der Waals surface area contributed by atoms with Crippen molar-refractivity contribution < 1.29 is 19.1 Å². The molecule has 2 aromatic rings. The van der Waals surface area contributed by atoms with Gasteiger partial charge in [0.1, 0.15) is 6.42 Å². The van der Waals surface area contributed by atoms with Gasteiger partial charge in [-0.3, -0.25) is 9.59 Å². The molecule has 2 N–H and O–H groups in total. The lowest BCUT2D eigenvalue weighted by Crippen LogP contribution is -2.34. The van der Waals surface area contributed by atoms with E-state index in [4.69, 9.17) is 4.74 Å². The summed E-state index contributed by atoms with van der Waals surface area (Å²) in [6.45, 7) is 2.91. The van der Waals surface area contributed by atoms with Gasteiger partial charge in [-0.15, -0.1) is 0 Å². The molecule has 0 atom stereocenters. The Balaban J connectivity index is 1.69. The van der Waals surface area contributed by atoms with Gasteiger partial charge in [-0.1, -0.05) is 36.4 Å². The molecule has 7 nitrogen and oxygen atoms in total. The lowest BCUT2D eigenvalue weighted by atomic mass is 10.1. The summed E-state index contributed by atoms with van der Waals surface area (Å²) in [7, 11) is 0. The zero-order chi connectivity index (χ0) is 21.3. The molecule has 0 saturated heterocycles. The third-order valence-corrected chi connectivity index (χ3v) is 4.91. The molecule has 1 aliphatic heterocycles. The Morgan fingerprint density at radius 1 is 1.07 bits per heavy atom. The number of carbonyl (C=O) groups is 3. The number of nitrogens with zero attached hydrogens (tertiary/aromatic N) is 1. The number of anilines is 2. The first-order valence-corrected chi connectivity index (χ1v) is 10.2. The summed E-state index contributed by atoms with van der Waals surface area (Å²) >= 11 is 0. The maximum atomic E-state index is 12.7. The van der Waals surface area contributed by atoms with Gasteiger partial charge in [0.25, 0.3) is 0 Å². The van der Waals surface area contributed by atoms with Crippen LogP contribution in [-0.2, 0) is 27.3 Å². The Labute approximate surface area is 176 Å². The Morgan fingerprint density at radius 2 is 1.87 bits per heavy atom. The van der Waals surface area contributed by atoms with Crippen LogP contribution in [0.2, 0.25) is 0 Å². The van der Waals surface area contributed by atoms with Crippen molar-refractivity contribution in [2.45, 2.75) is 39.2 Å². The SMILES string of the molecule is CCOC(=O)CC(=O)N1CCCCc2ccc(NC(=O)NCc3ccccc3)cc21. The summed E-state index contributed by atoms with van der Waals surface area (Å²) in [5, 5.41) is 5.65. The molecule has 1 aliphatic rings. The van der Waals surface area contributed by atoms with E-state index in [1.54, 1.807) is 17.9 Å². The number of nitrogens with one attached hydrogen (secondary N) is 2. The molecule has 0 fully saturated rings. The molecular formula is C23H27N3O4. The standard InChI is InChI=1S/C23H27N3O4/c1-2-30-22(28)15-21(27)26-13-7-6-10-18-11-12-19(14-20(18)26)25-23(29)24-16-17-8-4-3-5-9-17/h3-5,8-9,11-12,14H,2,6-7,10,13,15-16H2,1H3,(H2,24,25,29). The number of rotatable bonds is 6. The summed E-state index contributed by atoms with van der Waals surface area (Å²) in [5.74, 6) is -0.815. The van der Waals surface area contributed by atoms with Crippen LogP contribution in [0.3, 0.4) is 0 Å². The van der Waals surface area contributed by atoms with E-state index in [0.717, 1.165) is 36.1 Å². The molecule has 3 amide bonds. The number of ether oxygens (including phenoxy) is 1. The van der Waals surface area contributed by atoms with Crippen LogP contribution in [0.25, 0.3) is 0 Å². The topological polar surface area (TPSA) is 87.7 Å². The molecule has 158 valence electrons. The predicted molar refractivity (Wildman–Crippen MR) is 115 cm³/mol. The number of hydrogen-bond acceptors (Lipinski definition) is 4. The van der Waals surface area contributed by atoms with Gasteiger partial charge in [-0.25, -0.2) is 4.79 Å².